The molecule has 174 valence electrons. The third-order valence-electron chi connectivity index (χ3n) is 6.42. The Kier molecular flexibility index (Phi) is 6.51. The number of hydrogen-bond donors (Lipinski definition) is 0. The lowest BCUT2D eigenvalue weighted by Crippen LogP contribution is -2.32. The Balaban J connectivity index is 1.75. The molecule has 1 aliphatic heterocycles. The molecular formula is C27H26N2O5. The van der Waals surface area contributed by atoms with Gasteiger partial charge in [0.05, 0.1) is 26.2 Å². The van der Waals surface area contributed by atoms with Crippen molar-refractivity contribution in [2.45, 2.75) is 38.5 Å². The predicted molar refractivity (Wildman–Crippen MR) is 126 cm³/mol. The van der Waals surface area contributed by atoms with Crippen LogP contribution in [0.15, 0.2) is 58.7 Å². The van der Waals surface area contributed by atoms with Gasteiger partial charge in [0.2, 0.25) is 0 Å². The maximum Gasteiger partial charge on any atom is 0.308 e. The summed E-state index contributed by atoms with van der Waals surface area (Å²) in [6.45, 7) is 3.15. The monoisotopic (exact) mass is 458 g/mol. The number of benzene rings is 2. The van der Waals surface area contributed by atoms with E-state index in [9.17, 15) is 14.9 Å². The highest BCUT2D eigenvalue weighted by molar-refractivity contribution is 6.03. The van der Waals surface area contributed by atoms with E-state index in [1.54, 1.807) is 25.3 Å². The highest BCUT2D eigenvalue weighted by Crippen LogP contribution is 2.47. The molecule has 2 aromatic carbocycles. The molecular weight excluding hydrogens is 432 g/mol. The van der Waals surface area contributed by atoms with Crippen molar-refractivity contribution in [3.63, 3.8) is 0 Å². The van der Waals surface area contributed by atoms with E-state index in [2.05, 4.69) is 6.07 Å². The van der Waals surface area contributed by atoms with Crippen LogP contribution in [0.25, 0.3) is 0 Å². The molecule has 3 atom stereocenters. The summed E-state index contributed by atoms with van der Waals surface area (Å²) in [6.07, 6.45) is 0.957. The molecule has 2 aliphatic rings. The Hall–Kier alpha value is -3.92. The molecule has 7 heteroatoms. The summed E-state index contributed by atoms with van der Waals surface area (Å²) in [6, 6.07) is 15.2. The molecule has 0 saturated heterocycles. The molecule has 0 saturated carbocycles. The standard InChI is InChI=1S/C27H26N2O5/c1-15-21(14-28)26(18-7-10-24(34-16(2)30)25(13-18)33-4)27-22(29-15)11-19(12-23(27)31)17-5-8-20(32-3)9-6-17/h5-10,13,19,21,26H,11-12H2,1-4H3/t19-,21?,26-/m0/s1. The molecule has 0 amide bonds. The zero-order chi connectivity index (χ0) is 24.4. The van der Waals surface area contributed by atoms with Crippen LogP contribution in [-0.2, 0) is 9.59 Å². The summed E-state index contributed by atoms with van der Waals surface area (Å²) in [5.74, 6) is -0.0885. The number of nitrogens with zero attached hydrogens (tertiary/aromatic N) is 2. The van der Waals surface area contributed by atoms with E-state index in [0.29, 0.717) is 29.9 Å². The largest absolute Gasteiger partial charge is 0.497 e. The van der Waals surface area contributed by atoms with Gasteiger partial charge in [0.1, 0.15) is 5.75 Å². The first-order valence-electron chi connectivity index (χ1n) is 11.1. The number of nitriles is 1. The second-order valence-electron chi connectivity index (χ2n) is 8.50. The Bertz CT molecular complexity index is 1240. The van der Waals surface area contributed by atoms with E-state index in [4.69, 9.17) is 19.2 Å². The lowest BCUT2D eigenvalue weighted by molar-refractivity contribution is -0.132. The predicted octanol–water partition coefficient (Wildman–Crippen LogP) is 4.73. The SMILES string of the molecule is COc1ccc([C@@H]2CC(=O)C3=C(C2)N=C(C)C(C#N)[C@@H]3c2ccc(OC(C)=O)c(OC)c2)cc1. The van der Waals surface area contributed by atoms with Crippen LogP contribution >= 0.6 is 0 Å². The quantitative estimate of drug-likeness (QED) is 0.475. The molecule has 0 spiro atoms. The topological polar surface area (TPSA) is 98.0 Å². The number of allylic oxidation sites excluding steroid dienone is 2. The first-order chi connectivity index (χ1) is 16.4. The van der Waals surface area contributed by atoms with E-state index in [1.807, 2.05) is 31.2 Å². The van der Waals surface area contributed by atoms with Crippen molar-refractivity contribution >= 4 is 17.5 Å². The number of methoxy groups -OCH3 is 2. The fraction of sp³-hybridized carbons (Fsp3) is 0.333. The van der Waals surface area contributed by atoms with Crippen LogP contribution in [0.2, 0.25) is 0 Å². The lowest BCUT2D eigenvalue weighted by atomic mass is 9.69. The molecule has 1 aliphatic carbocycles. The third-order valence-corrected chi connectivity index (χ3v) is 6.42. The number of Topliss-reactive ketones (excluding diaryl/α,β-unsaturated/α-hetero) is 1. The van der Waals surface area contributed by atoms with E-state index < -0.39 is 17.8 Å². The number of hydrogen-bond acceptors (Lipinski definition) is 7. The fourth-order valence-corrected chi connectivity index (χ4v) is 4.81. The van der Waals surface area contributed by atoms with Gasteiger partial charge in [-0.2, -0.15) is 5.26 Å². The number of aliphatic imine (C=N–C) groups is 1. The number of carbonyl (C=O) groups excluding carboxylic acids is 2. The summed E-state index contributed by atoms with van der Waals surface area (Å²) in [4.78, 5) is 29.6. The molecule has 2 aromatic rings. The zero-order valence-corrected chi connectivity index (χ0v) is 19.6. The number of carbonyl (C=O) groups is 2. The second-order valence-corrected chi connectivity index (χ2v) is 8.50. The van der Waals surface area contributed by atoms with Crippen LogP contribution in [0.4, 0.5) is 0 Å². The van der Waals surface area contributed by atoms with Crippen molar-refractivity contribution in [2.24, 2.45) is 10.9 Å². The minimum absolute atomic E-state index is 0.00778. The van der Waals surface area contributed by atoms with E-state index in [0.717, 1.165) is 22.6 Å². The Morgan fingerprint density at radius 1 is 1.03 bits per heavy atom. The van der Waals surface area contributed by atoms with Crippen molar-refractivity contribution in [1.82, 2.24) is 0 Å². The first-order valence-corrected chi connectivity index (χ1v) is 11.1. The van der Waals surface area contributed by atoms with Crippen LogP contribution < -0.4 is 14.2 Å². The Morgan fingerprint density at radius 3 is 2.35 bits per heavy atom. The van der Waals surface area contributed by atoms with E-state index in [-0.39, 0.29) is 17.5 Å². The number of ketones is 1. The van der Waals surface area contributed by atoms with Crippen LogP contribution in [0.3, 0.4) is 0 Å². The average Bonchev–Trinajstić information content (AvgIpc) is 2.83. The van der Waals surface area contributed by atoms with Crippen LogP contribution in [0, 0.1) is 17.2 Å². The summed E-state index contributed by atoms with van der Waals surface area (Å²) in [5, 5.41) is 9.97. The van der Waals surface area contributed by atoms with Gasteiger partial charge in [-0.1, -0.05) is 18.2 Å². The minimum Gasteiger partial charge on any atom is -0.497 e. The van der Waals surface area contributed by atoms with Gasteiger partial charge in [-0.05, 0) is 54.7 Å². The molecule has 0 fully saturated rings. The van der Waals surface area contributed by atoms with Gasteiger partial charge in [0, 0.05) is 36.2 Å². The van der Waals surface area contributed by atoms with Gasteiger partial charge in [0.15, 0.2) is 17.3 Å². The molecule has 0 aromatic heterocycles. The van der Waals surface area contributed by atoms with Gasteiger partial charge in [0.25, 0.3) is 0 Å². The van der Waals surface area contributed by atoms with Crippen molar-refractivity contribution in [2.75, 3.05) is 14.2 Å². The van der Waals surface area contributed by atoms with E-state index in [1.165, 1.54) is 14.0 Å². The highest BCUT2D eigenvalue weighted by atomic mass is 16.6. The zero-order valence-electron chi connectivity index (χ0n) is 19.6. The molecule has 1 unspecified atom stereocenters. The highest BCUT2D eigenvalue weighted by Gasteiger charge is 2.41. The van der Waals surface area contributed by atoms with Gasteiger partial charge in [-0.3, -0.25) is 14.6 Å². The normalized spacial score (nSPS) is 21.8. The van der Waals surface area contributed by atoms with Crippen molar-refractivity contribution in [1.29, 1.82) is 5.26 Å². The second kappa shape index (κ2) is 9.52. The third kappa shape index (κ3) is 4.32. The maximum atomic E-state index is 13.5. The van der Waals surface area contributed by atoms with Crippen molar-refractivity contribution in [3.05, 3.63) is 64.9 Å². The van der Waals surface area contributed by atoms with Gasteiger partial charge in [-0.25, -0.2) is 0 Å². The van der Waals surface area contributed by atoms with E-state index >= 15 is 0 Å². The maximum absolute atomic E-state index is 13.5. The summed E-state index contributed by atoms with van der Waals surface area (Å²) >= 11 is 0. The van der Waals surface area contributed by atoms with Gasteiger partial charge in [-0.15, -0.1) is 0 Å². The number of esters is 1. The Labute approximate surface area is 198 Å². The lowest BCUT2D eigenvalue weighted by Gasteiger charge is -2.35. The molecule has 0 bridgehead atoms. The van der Waals surface area contributed by atoms with Crippen LogP contribution in [-0.4, -0.2) is 31.7 Å². The van der Waals surface area contributed by atoms with Gasteiger partial charge >= 0.3 is 5.97 Å². The molecule has 0 radical (unpaired) electrons. The fourth-order valence-electron chi connectivity index (χ4n) is 4.81. The Morgan fingerprint density at radius 2 is 1.74 bits per heavy atom. The average molecular weight is 459 g/mol. The number of rotatable bonds is 5. The first kappa shape index (κ1) is 23.2. The van der Waals surface area contributed by atoms with Crippen LogP contribution in [0.5, 0.6) is 17.2 Å². The minimum atomic E-state index is -0.579. The van der Waals surface area contributed by atoms with Crippen LogP contribution in [0.1, 0.15) is 49.7 Å². The summed E-state index contributed by atoms with van der Waals surface area (Å²) in [5.41, 5.74) is 3.80. The van der Waals surface area contributed by atoms with Crippen molar-refractivity contribution < 1.29 is 23.8 Å². The molecule has 7 nitrogen and oxygen atoms in total. The molecule has 0 N–H and O–H groups in total. The van der Waals surface area contributed by atoms with Crippen molar-refractivity contribution in [3.8, 4) is 23.3 Å². The van der Waals surface area contributed by atoms with Gasteiger partial charge < -0.3 is 14.2 Å². The number of ether oxygens (including phenoxy) is 3. The molecule has 1 heterocycles. The molecule has 34 heavy (non-hydrogen) atoms. The summed E-state index contributed by atoms with van der Waals surface area (Å²) < 4.78 is 15.9. The summed E-state index contributed by atoms with van der Waals surface area (Å²) in [7, 11) is 3.10. The molecule has 4 rings (SSSR count). The smallest absolute Gasteiger partial charge is 0.308 e.